The van der Waals surface area contributed by atoms with Gasteiger partial charge in [-0.15, -0.1) is 0 Å². The molecule has 0 aliphatic heterocycles. The third-order valence-corrected chi connectivity index (χ3v) is 4.87. The van der Waals surface area contributed by atoms with Gasteiger partial charge in [-0.05, 0) is 32.8 Å². The van der Waals surface area contributed by atoms with Crippen LogP contribution < -0.4 is 5.73 Å². The van der Waals surface area contributed by atoms with Crippen LogP contribution in [-0.2, 0) is 7.05 Å². The molecule has 5 rings (SSSR count). The van der Waals surface area contributed by atoms with Crippen LogP contribution in [0, 0.1) is 0 Å². The van der Waals surface area contributed by atoms with Gasteiger partial charge >= 0.3 is 0 Å². The topological polar surface area (TPSA) is 113 Å². The Morgan fingerprint density at radius 3 is 2.67 bits per heavy atom. The van der Waals surface area contributed by atoms with Gasteiger partial charge in [-0.1, -0.05) is 5.16 Å². The molecule has 0 bridgehead atoms. The minimum Gasteiger partial charge on any atom is -0.383 e. The highest BCUT2D eigenvalue weighted by molar-refractivity contribution is 6.00. The molecule has 0 radical (unpaired) electrons. The fourth-order valence-electron chi connectivity index (χ4n) is 3.41. The van der Waals surface area contributed by atoms with Crippen LogP contribution in [0.4, 0.5) is 5.82 Å². The Kier molecular flexibility index (Phi) is 3.33. The van der Waals surface area contributed by atoms with Crippen molar-refractivity contribution in [3.8, 4) is 22.6 Å². The summed E-state index contributed by atoms with van der Waals surface area (Å²) in [6, 6.07) is 2.08. The lowest BCUT2D eigenvalue weighted by Crippen LogP contribution is -2.04. The number of rotatable bonds is 4. The van der Waals surface area contributed by atoms with E-state index in [-0.39, 0.29) is 6.04 Å². The molecule has 1 aliphatic carbocycles. The van der Waals surface area contributed by atoms with Gasteiger partial charge in [0.1, 0.15) is 29.3 Å². The summed E-state index contributed by atoms with van der Waals surface area (Å²) < 4.78 is 9.38. The first-order chi connectivity index (χ1) is 13.0. The SMILES string of the molecule is CC(C)n1nc(-c2noc(C3CC3)c2-c2ccn(C)n2)c2c(N)ncnc21. The van der Waals surface area contributed by atoms with Crippen LogP contribution in [0.1, 0.15) is 44.4 Å². The fraction of sp³-hybridized carbons (Fsp3) is 0.389. The molecule has 4 aromatic rings. The van der Waals surface area contributed by atoms with Crippen molar-refractivity contribution >= 4 is 16.9 Å². The molecule has 1 fully saturated rings. The standard InChI is InChI=1S/C18H20N8O/c1-9(2)26-18-13(17(19)20-8-21-18)14(23-26)15-12(11-6-7-25(3)22-11)16(27-24-15)10-4-5-10/h6-10H,4-5H2,1-3H3,(H2,19,20,21). The van der Waals surface area contributed by atoms with Crippen molar-refractivity contribution in [1.29, 1.82) is 0 Å². The molecule has 27 heavy (non-hydrogen) atoms. The number of anilines is 1. The second-order valence-electron chi connectivity index (χ2n) is 7.26. The summed E-state index contributed by atoms with van der Waals surface area (Å²) in [6.07, 6.45) is 5.56. The van der Waals surface area contributed by atoms with E-state index in [0.29, 0.717) is 34.2 Å². The number of aromatic nitrogens is 7. The van der Waals surface area contributed by atoms with Gasteiger partial charge in [0.2, 0.25) is 0 Å². The lowest BCUT2D eigenvalue weighted by atomic mass is 10.0. The molecular formula is C18H20N8O. The molecule has 2 N–H and O–H groups in total. The molecule has 0 aromatic carbocycles. The highest BCUT2D eigenvalue weighted by Gasteiger charge is 2.35. The van der Waals surface area contributed by atoms with Crippen LogP contribution in [0.3, 0.4) is 0 Å². The number of fused-ring (bicyclic) bond motifs is 1. The van der Waals surface area contributed by atoms with E-state index in [0.717, 1.165) is 29.9 Å². The molecular weight excluding hydrogens is 344 g/mol. The summed E-state index contributed by atoms with van der Waals surface area (Å²) in [4.78, 5) is 8.56. The van der Waals surface area contributed by atoms with Crippen LogP contribution in [0.15, 0.2) is 23.1 Å². The summed E-state index contributed by atoms with van der Waals surface area (Å²) in [6.45, 7) is 4.10. The normalized spacial score (nSPS) is 14.5. The van der Waals surface area contributed by atoms with E-state index >= 15 is 0 Å². The zero-order chi connectivity index (χ0) is 18.7. The average molecular weight is 364 g/mol. The maximum absolute atomic E-state index is 6.20. The molecule has 0 amide bonds. The van der Waals surface area contributed by atoms with E-state index < -0.39 is 0 Å². The Bertz CT molecular complexity index is 1150. The molecule has 9 nitrogen and oxygen atoms in total. The Morgan fingerprint density at radius 2 is 2.00 bits per heavy atom. The smallest absolute Gasteiger partial charge is 0.164 e. The monoisotopic (exact) mass is 364 g/mol. The molecule has 0 saturated heterocycles. The zero-order valence-corrected chi connectivity index (χ0v) is 15.4. The highest BCUT2D eigenvalue weighted by atomic mass is 16.5. The summed E-state index contributed by atoms with van der Waals surface area (Å²) in [5, 5.41) is 14.4. The number of nitrogens with two attached hydrogens (primary N) is 1. The third kappa shape index (κ3) is 2.42. The summed E-state index contributed by atoms with van der Waals surface area (Å²) in [5.41, 5.74) is 9.86. The van der Waals surface area contributed by atoms with Crippen molar-refractivity contribution in [1.82, 2.24) is 34.7 Å². The van der Waals surface area contributed by atoms with Gasteiger partial charge in [-0.2, -0.15) is 10.2 Å². The van der Waals surface area contributed by atoms with E-state index in [9.17, 15) is 0 Å². The lowest BCUT2D eigenvalue weighted by molar-refractivity contribution is 0.386. The predicted molar refractivity (Wildman–Crippen MR) is 99.8 cm³/mol. The van der Waals surface area contributed by atoms with Crippen molar-refractivity contribution in [2.24, 2.45) is 7.05 Å². The van der Waals surface area contributed by atoms with Crippen molar-refractivity contribution in [2.45, 2.75) is 38.6 Å². The van der Waals surface area contributed by atoms with E-state index in [2.05, 4.69) is 20.2 Å². The van der Waals surface area contributed by atoms with Crippen molar-refractivity contribution in [3.05, 3.63) is 24.4 Å². The number of nitrogens with zero attached hydrogens (tertiary/aromatic N) is 7. The summed E-state index contributed by atoms with van der Waals surface area (Å²) >= 11 is 0. The second-order valence-corrected chi connectivity index (χ2v) is 7.26. The Labute approximate surface area is 155 Å². The van der Waals surface area contributed by atoms with Crippen LogP contribution in [0.25, 0.3) is 33.7 Å². The zero-order valence-electron chi connectivity index (χ0n) is 15.4. The van der Waals surface area contributed by atoms with Crippen molar-refractivity contribution < 1.29 is 4.52 Å². The van der Waals surface area contributed by atoms with Crippen LogP contribution in [0.5, 0.6) is 0 Å². The highest BCUT2D eigenvalue weighted by Crippen LogP contribution is 2.48. The molecule has 0 atom stereocenters. The molecule has 9 heteroatoms. The van der Waals surface area contributed by atoms with E-state index in [1.54, 1.807) is 4.68 Å². The van der Waals surface area contributed by atoms with E-state index in [4.69, 9.17) is 15.4 Å². The van der Waals surface area contributed by atoms with Gasteiger partial charge in [0, 0.05) is 25.2 Å². The Hall–Kier alpha value is -3.23. The summed E-state index contributed by atoms with van der Waals surface area (Å²) in [7, 11) is 1.89. The van der Waals surface area contributed by atoms with Crippen LogP contribution in [0.2, 0.25) is 0 Å². The second kappa shape index (κ2) is 5.63. The quantitative estimate of drug-likeness (QED) is 0.592. The average Bonchev–Trinajstić information content (AvgIpc) is 3.06. The molecule has 138 valence electrons. The van der Waals surface area contributed by atoms with Crippen LogP contribution >= 0.6 is 0 Å². The number of aryl methyl sites for hydroxylation is 1. The third-order valence-electron chi connectivity index (χ3n) is 4.87. The van der Waals surface area contributed by atoms with Crippen molar-refractivity contribution in [3.63, 3.8) is 0 Å². The Morgan fingerprint density at radius 1 is 1.19 bits per heavy atom. The van der Waals surface area contributed by atoms with Gasteiger partial charge in [-0.25, -0.2) is 14.6 Å². The first kappa shape index (κ1) is 16.0. The molecule has 0 unspecified atom stereocenters. The number of nitrogen functional groups attached to an aromatic ring is 1. The minimum absolute atomic E-state index is 0.114. The Balaban J connectivity index is 1.81. The number of hydrogen-bond donors (Lipinski definition) is 1. The van der Waals surface area contributed by atoms with E-state index in [1.807, 2.05) is 37.8 Å². The molecule has 4 aromatic heterocycles. The summed E-state index contributed by atoms with van der Waals surface area (Å²) in [5.74, 6) is 1.63. The van der Waals surface area contributed by atoms with E-state index in [1.165, 1.54) is 6.33 Å². The molecule has 1 aliphatic rings. The van der Waals surface area contributed by atoms with Gasteiger partial charge in [0.05, 0.1) is 16.6 Å². The maximum atomic E-state index is 6.20. The number of hydrogen-bond acceptors (Lipinski definition) is 7. The van der Waals surface area contributed by atoms with Gasteiger partial charge < -0.3 is 10.3 Å². The van der Waals surface area contributed by atoms with Crippen LogP contribution in [-0.4, -0.2) is 34.7 Å². The van der Waals surface area contributed by atoms with Gasteiger partial charge in [0.25, 0.3) is 0 Å². The lowest BCUT2D eigenvalue weighted by Gasteiger charge is -2.05. The molecule has 0 spiro atoms. The molecule has 4 heterocycles. The van der Waals surface area contributed by atoms with Crippen molar-refractivity contribution in [2.75, 3.05) is 5.73 Å². The minimum atomic E-state index is 0.114. The molecule has 1 saturated carbocycles. The predicted octanol–water partition coefficient (Wildman–Crippen LogP) is 2.92. The first-order valence-electron chi connectivity index (χ1n) is 9.03. The first-order valence-corrected chi connectivity index (χ1v) is 9.03. The maximum Gasteiger partial charge on any atom is 0.164 e. The fourth-order valence-corrected chi connectivity index (χ4v) is 3.41. The van der Waals surface area contributed by atoms with Gasteiger partial charge in [-0.3, -0.25) is 4.68 Å². The largest absolute Gasteiger partial charge is 0.383 e. The van der Waals surface area contributed by atoms with Gasteiger partial charge in [0.15, 0.2) is 5.65 Å².